The predicted octanol–water partition coefficient (Wildman–Crippen LogP) is 1.96. The van der Waals surface area contributed by atoms with Crippen molar-refractivity contribution in [2.45, 2.75) is 70.7 Å². The second-order valence-electron chi connectivity index (χ2n) is 7.40. The van der Waals surface area contributed by atoms with Crippen molar-refractivity contribution in [3.63, 3.8) is 0 Å². The quantitative estimate of drug-likeness (QED) is 0.742. The van der Waals surface area contributed by atoms with Crippen LogP contribution in [0.5, 0.6) is 0 Å². The van der Waals surface area contributed by atoms with Crippen molar-refractivity contribution >= 4 is 0 Å². The van der Waals surface area contributed by atoms with Gasteiger partial charge in [0.2, 0.25) is 0 Å². The first-order valence-electron chi connectivity index (χ1n) is 8.53. The maximum atomic E-state index is 11.4. The van der Waals surface area contributed by atoms with E-state index in [1.807, 2.05) is 6.92 Å². The molecule has 0 aromatic rings. The van der Waals surface area contributed by atoms with Crippen molar-refractivity contribution < 1.29 is 20.1 Å². The average molecular weight is 300 g/mol. The van der Waals surface area contributed by atoms with Crippen LogP contribution in [0.4, 0.5) is 0 Å². The van der Waals surface area contributed by atoms with Crippen LogP contribution in [-0.2, 0) is 4.74 Å². The molecule has 0 aromatic carbocycles. The molecule has 0 bridgehead atoms. The number of rotatable bonds is 4. The summed E-state index contributed by atoms with van der Waals surface area (Å²) >= 11 is 0. The van der Waals surface area contributed by atoms with E-state index >= 15 is 0 Å². The Kier molecular flexibility index (Phi) is 5.69. The summed E-state index contributed by atoms with van der Waals surface area (Å²) in [5.41, 5.74) is -0.835. The van der Waals surface area contributed by atoms with Crippen molar-refractivity contribution in [2.24, 2.45) is 23.7 Å². The Labute approximate surface area is 128 Å². The van der Waals surface area contributed by atoms with Crippen molar-refractivity contribution in [2.75, 3.05) is 13.2 Å². The predicted molar refractivity (Wildman–Crippen MR) is 81.8 cm³/mol. The van der Waals surface area contributed by atoms with Crippen LogP contribution in [0.15, 0.2) is 0 Å². The van der Waals surface area contributed by atoms with Crippen LogP contribution in [0, 0.1) is 23.7 Å². The highest BCUT2D eigenvalue weighted by Crippen LogP contribution is 2.49. The molecule has 1 heterocycles. The summed E-state index contributed by atoms with van der Waals surface area (Å²) in [5, 5.41) is 30.7. The zero-order valence-electron chi connectivity index (χ0n) is 13.7. The fourth-order valence-electron chi connectivity index (χ4n) is 4.56. The molecule has 1 aliphatic heterocycles. The lowest BCUT2D eigenvalue weighted by molar-refractivity contribution is -0.172. The van der Waals surface area contributed by atoms with Gasteiger partial charge in [-0.2, -0.15) is 0 Å². The van der Waals surface area contributed by atoms with Gasteiger partial charge in [0.1, 0.15) is 0 Å². The van der Waals surface area contributed by atoms with Gasteiger partial charge < -0.3 is 20.1 Å². The summed E-state index contributed by atoms with van der Waals surface area (Å²) in [4.78, 5) is 0. The minimum Gasteiger partial charge on any atom is -0.396 e. The third-order valence-electron chi connectivity index (χ3n) is 6.05. The second-order valence-corrected chi connectivity index (χ2v) is 7.40. The first-order chi connectivity index (χ1) is 9.90. The van der Waals surface area contributed by atoms with Crippen LogP contribution in [0.3, 0.4) is 0 Å². The van der Waals surface area contributed by atoms with E-state index in [0.29, 0.717) is 18.9 Å². The number of hydrogen-bond acceptors (Lipinski definition) is 4. The molecule has 4 unspecified atom stereocenters. The van der Waals surface area contributed by atoms with Gasteiger partial charge in [-0.1, -0.05) is 13.8 Å². The molecule has 1 saturated carbocycles. The van der Waals surface area contributed by atoms with E-state index in [-0.39, 0.29) is 30.5 Å². The molecule has 2 rings (SSSR count). The summed E-state index contributed by atoms with van der Waals surface area (Å²) in [7, 11) is 0. The molecule has 124 valence electrons. The van der Waals surface area contributed by atoms with Gasteiger partial charge in [0, 0.05) is 6.61 Å². The van der Waals surface area contributed by atoms with E-state index in [1.54, 1.807) is 0 Å². The van der Waals surface area contributed by atoms with E-state index in [9.17, 15) is 10.2 Å². The molecule has 2 aliphatic rings. The van der Waals surface area contributed by atoms with Gasteiger partial charge in [-0.15, -0.1) is 0 Å². The molecule has 7 atom stereocenters. The minimum absolute atomic E-state index is 0.00990. The lowest BCUT2D eigenvalue weighted by Gasteiger charge is -2.50. The Morgan fingerprint density at radius 2 is 1.90 bits per heavy atom. The number of ether oxygens (including phenoxy) is 1. The third-order valence-corrected chi connectivity index (χ3v) is 6.05. The first kappa shape index (κ1) is 17.2. The molecule has 2 fully saturated rings. The van der Waals surface area contributed by atoms with Gasteiger partial charge >= 0.3 is 0 Å². The lowest BCUT2D eigenvalue weighted by atomic mass is 9.59. The van der Waals surface area contributed by atoms with Crippen LogP contribution in [0.1, 0.15) is 52.9 Å². The van der Waals surface area contributed by atoms with E-state index < -0.39 is 11.7 Å². The Bertz CT molecular complexity index is 335. The number of hydrogen-bond donors (Lipinski definition) is 3. The van der Waals surface area contributed by atoms with E-state index in [4.69, 9.17) is 9.84 Å². The van der Waals surface area contributed by atoms with Crippen molar-refractivity contribution in [1.82, 2.24) is 0 Å². The summed E-state index contributed by atoms with van der Waals surface area (Å²) in [6, 6.07) is 0. The molecule has 0 spiro atoms. The second kappa shape index (κ2) is 6.95. The smallest absolute Gasteiger partial charge is 0.0942 e. The van der Waals surface area contributed by atoms with E-state index in [2.05, 4.69) is 13.8 Å². The summed E-state index contributed by atoms with van der Waals surface area (Å²) in [5.74, 6) is 0.784. The van der Waals surface area contributed by atoms with Gasteiger partial charge in [-0.05, 0) is 62.7 Å². The maximum absolute atomic E-state index is 11.4. The highest BCUT2D eigenvalue weighted by molar-refractivity contribution is 5.02. The maximum Gasteiger partial charge on any atom is 0.0942 e. The Balaban J connectivity index is 2.20. The summed E-state index contributed by atoms with van der Waals surface area (Å²) in [6.45, 7) is 6.68. The summed E-state index contributed by atoms with van der Waals surface area (Å²) in [6.07, 6.45) is 4.04. The monoisotopic (exact) mass is 300 g/mol. The van der Waals surface area contributed by atoms with Crippen molar-refractivity contribution in [3.8, 4) is 0 Å². The topological polar surface area (TPSA) is 69.9 Å². The Hall–Kier alpha value is -0.160. The number of aliphatic hydroxyl groups is 3. The van der Waals surface area contributed by atoms with Gasteiger partial charge in [0.25, 0.3) is 0 Å². The molecule has 0 radical (unpaired) electrons. The van der Waals surface area contributed by atoms with Crippen LogP contribution in [-0.4, -0.2) is 46.3 Å². The molecule has 3 N–H and O–H groups in total. The van der Waals surface area contributed by atoms with Gasteiger partial charge in [-0.25, -0.2) is 0 Å². The molecular weight excluding hydrogens is 268 g/mol. The highest BCUT2D eigenvalue weighted by Gasteiger charge is 2.52. The summed E-state index contributed by atoms with van der Waals surface area (Å²) < 4.78 is 5.86. The molecule has 4 nitrogen and oxygen atoms in total. The van der Waals surface area contributed by atoms with Crippen LogP contribution >= 0.6 is 0 Å². The zero-order chi connectivity index (χ0) is 15.6. The van der Waals surface area contributed by atoms with Crippen LogP contribution in [0.25, 0.3) is 0 Å². The SMILES string of the molecule is CC1CCC2[C@H](C)CC[C@@H](C(C)C(O)CCO)[C@@]2(O)CO1. The average Bonchev–Trinajstić information content (AvgIpc) is 2.59. The van der Waals surface area contributed by atoms with E-state index in [0.717, 1.165) is 25.7 Å². The van der Waals surface area contributed by atoms with Gasteiger partial charge in [0.05, 0.1) is 24.4 Å². The normalized spacial score (nSPS) is 43.7. The third kappa shape index (κ3) is 3.44. The Morgan fingerprint density at radius 1 is 1.19 bits per heavy atom. The molecule has 0 amide bonds. The van der Waals surface area contributed by atoms with Crippen molar-refractivity contribution in [3.05, 3.63) is 0 Å². The molecule has 1 aliphatic carbocycles. The van der Waals surface area contributed by atoms with E-state index in [1.165, 1.54) is 0 Å². The van der Waals surface area contributed by atoms with Crippen LogP contribution in [0.2, 0.25) is 0 Å². The molecular formula is C17H32O4. The lowest BCUT2D eigenvalue weighted by Crippen LogP contribution is -2.56. The van der Waals surface area contributed by atoms with Crippen molar-refractivity contribution in [1.29, 1.82) is 0 Å². The standard InChI is InChI=1S/C17H32O4/c1-11-4-6-15(13(3)16(19)8-9-18)17(20)10-21-12(2)5-7-14(11)17/h11-16,18-20H,4-10H2,1-3H3/t11-,12?,13?,14?,15+,16?,17-/m1/s1. The molecule has 1 saturated heterocycles. The fraction of sp³-hybridized carbons (Fsp3) is 1.00. The fourth-order valence-corrected chi connectivity index (χ4v) is 4.56. The highest BCUT2D eigenvalue weighted by atomic mass is 16.5. The molecule has 21 heavy (non-hydrogen) atoms. The number of fused-ring (bicyclic) bond motifs is 1. The Morgan fingerprint density at radius 3 is 2.57 bits per heavy atom. The minimum atomic E-state index is -0.835. The van der Waals surface area contributed by atoms with Gasteiger partial charge in [0.15, 0.2) is 0 Å². The van der Waals surface area contributed by atoms with Crippen LogP contribution < -0.4 is 0 Å². The zero-order valence-corrected chi connectivity index (χ0v) is 13.7. The first-order valence-corrected chi connectivity index (χ1v) is 8.53. The number of aliphatic hydroxyl groups excluding tert-OH is 2. The largest absolute Gasteiger partial charge is 0.396 e. The van der Waals surface area contributed by atoms with Gasteiger partial charge in [-0.3, -0.25) is 0 Å². The molecule has 4 heteroatoms. The molecule has 0 aromatic heterocycles.